The third-order valence-electron chi connectivity index (χ3n) is 4.70. The molecule has 1 amide bonds. The van der Waals surface area contributed by atoms with Crippen LogP contribution >= 0.6 is 0 Å². The van der Waals surface area contributed by atoms with Crippen LogP contribution in [0.1, 0.15) is 17.2 Å². The number of esters is 1. The van der Waals surface area contributed by atoms with Crippen LogP contribution in [0.15, 0.2) is 54.6 Å². The summed E-state index contributed by atoms with van der Waals surface area (Å²) in [5, 5.41) is 0. The minimum atomic E-state index is -1.01. The molecule has 2 aromatic rings. The van der Waals surface area contributed by atoms with Crippen molar-refractivity contribution >= 4 is 18.0 Å². The van der Waals surface area contributed by atoms with Crippen molar-refractivity contribution in [1.82, 2.24) is 4.90 Å². The van der Waals surface area contributed by atoms with Crippen molar-refractivity contribution < 1.29 is 28.5 Å². The molecule has 1 saturated heterocycles. The van der Waals surface area contributed by atoms with Gasteiger partial charge in [-0.05, 0) is 23.8 Å². The Morgan fingerprint density at radius 3 is 2.37 bits per heavy atom. The van der Waals surface area contributed by atoms with Crippen molar-refractivity contribution in [3.8, 4) is 11.5 Å². The summed E-state index contributed by atoms with van der Waals surface area (Å²) in [6.07, 6.45) is 1.89. The standard InChI is InChI=1S/C23H25NO6/c1-27-19-10-8-17(16-20(19)28-2)9-11-21(25)30-22(18-6-4-3-5-7-18)23(26)24-12-14-29-15-13-24/h3-11,16,22H,12-15H2,1-2H3/b11-9+/t22-/m1/s1. The maximum atomic E-state index is 13.0. The van der Waals surface area contributed by atoms with E-state index in [9.17, 15) is 9.59 Å². The first kappa shape index (κ1) is 21.4. The Kier molecular flexibility index (Phi) is 7.45. The Bertz CT molecular complexity index is 890. The third kappa shape index (κ3) is 5.39. The van der Waals surface area contributed by atoms with Gasteiger partial charge in [-0.3, -0.25) is 4.79 Å². The average Bonchev–Trinajstić information content (AvgIpc) is 2.81. The first-order valence-electron chi connectivity index (χ1n) is 9.64. The summed E-state index contributed by atoms with van der Waals surface area (Å²) in [5.74, 6) is 0.285. The second-order valence-electron chi connectivity index (χ2n) is 6.61. The van der Waals surface area contributed by atoms with E-state index < -0.39 is 12.1 Å². The molecule has 158 valence electrons. The van der Waals surface area contributed by atoms with Gasteiger partial charge < -0.3 is 23.8 Å². The van der Waals surface area contributed by atoms with Gasteiger partial charge in [-0.15, -0.1) is 0 Å². The van der Waals surface area contributed by atoms with Crippen LogP contribution in [0, 0.1) is 0 Å². The lowest BCUT2D eigenvalue weighted by molar-refractivity contribution is -0.159. The van der Waals surface area contributed by atoms with Gasteiger partial charge in [-0.25, -0.2) is 4.79 Å². The molecular formula is C23H25NO6. The second kappa shape index (κ2) is 10.5. The summed E-state index contributed by atoms with van der Waals surface area (Å²) in [6.45, 7) is 1.89. The lowest BCUT2D eigenvalue weighted by Gasteiger charge is -2.30. The van der Waals surface area contributed by atoms with Crippen molar-refractivity contribution in [2.75, 3.05) is 40.5 Å². The van der Waals surface area contributed by atoms with Crippen LogP contribution in [0.5, 0.6) is 11.5 Å². The van der Waals surface area contributed by atoms with E-state index in [0.29, 0.717) is 43.4 Å². The smallest absolute Gasteiger partial charge is 0.331 e. The molecule has 0 spiro atoms. The minimum Gasteiger partial charge on any atom is -0.493 e. The number of morpholine rings is 1. The molecule has 1 aliphatic heterocycles. The summed E-state index contributed by atoms with van der Waals surface area (Å²) in [7, 11) is 3.10. The van der Waals surface area contributed by atoms with Crippen LogP contribution in [-0.2, 0) is 19.1 Å². The highest BCUT2D eigenvalue weighted by molar-refractivity contribution is 5.91. The zero-order valence-corrected chi connectivity index (χ0v) is 17.1. The van der Waals surface area contributed by atoms with Crippen molar-refractivity contribution in [2.45, 2.75) is 6.10 Å². The number of rotatable bonds is 7. The number of hydrogen-bond donors (Lipinski definition) is 0. The minimum absolute atomic E-state index is 0.252. The van der Waals surface area contributed by atoms with E-state index in [-0.39, 0.29) is 5.91 Å². The van der Waals surface area contributed by atoms with Gasteiger partial charge in [0.2, 0.25) is 6.10 Å². The van der Waals surface area contributed by atoms with Crippen molar-refractivity contribution in [3.05, 3.63) is 65.7 Å². The molecule has 7 nitrogen and oxygen atoms in total. The number of nitrogens with zero attached hydrogens (tertiary/aromatic N) is 1. The van der Waals surface area contributed by atoms with Gasteiger partial charge >= 0.3 is 5.97 Å². The van der Waals surface area contributed by atoms with Crippen LogP contribution in [-0.4, -0.2) is 57.3 Å². The maximum absolute atomic E-state index is 13.0. The Morgan fingerprint density at radius 2 is 1.70 bits per heavy atom. The quantitative estimate of drug-likeness (QED) is 0.515. The Labute approximate surface area is 175 Å². The summed E-state index contributed by atoms with van der Waals surface area (Å²) in [6, 6.07) is 14.3. The number of hydrogen-bond acceptors (Lipinski definition) is 6. The predicted octanol–water partition coefficient (Wildman–Crippen LogP) is 2.86. The van der Waals surface area contributed by atoms with E-state index in [1.54, 1.807) is 55.5 Å². The molecule has 30 heavy (non-hydrogen) atoms. The number of methoxy groups -OCH3 is 2. The first-order chi connectivity index (χ1) is 14.6. The molecule has 1 atom stereocenters. The molecule has 0 saturated carbocycles. The van der Waals surface area contributed by atoms with Gasteiger partial charge in [-0.1, -0.05) is 36.4 Å². The highest BCUT2D eigenvalue weighted by Crippen LogP contribution is 2.28. The van der Waals surface area contributed by atoms with Crippen LogP contribution in [0.25, 0.3) is 6.08 Å². The number of carbonyl (C=O) groups is 2. The topological polar surface area (TPSA) is 74.3 Å². The van der Waals surface area contributed by atoms with Gasteiger partial charge in [0.1, 0.15) is 0 Å². The molecule has 3 rings (SSSR count). The van der Waals surface area contributed by atoms with Gasteiger partial charge in [0.05, 0.1) is 27.4 Å². The molecule has 0 aromatic heterocycles. The van der Waals surface area contributed by atoms with E-state index in [2.05, 4.69) is 0 Å². The molecular weight excluding hydrogens is 386 g/mol. The van der Waals surface area contributed by atoms with Crippen molar-refractivity contribution in [2.24, 2.45) is 0 Å². The van der Waals surface area contributed by atoms with E-state index in [0.717, 1.165) is 5.56 Å². The lowest BCUT2D eigenvalue weighted by atomic mass is 10.1. The van der Waals surface area contributed by atoms with Crippen LogP contribution < -0.4 is 9.47 Å². The molecule has 0 aliphatic carbocycles. The summed E-state index contributed by atoms with van der Waals surface area (Å²) in [4.78, 5) is 27.2. The number of carbonyl (C=O) groups excluding carboxylic acids is 2. The van der Waals surface area contributed by atoms with Gasteiger partial charge in [0.25, 0.3) is 5.91 Å². The molecule has 2 aromatic carbocycles. The molecule has 0 bridgehead atoms. The normalized spacial score (nSPS) is 14.9. The third-order valence-corrected chi connectivity index (χ3v) is 4.70. The maximum Gasteiger partial charge on any atom is 0.331 e. The summed E-state index contributed by atoms with van der Waals surface area (Å²) < 4.78 is 21.3. The van der Waals surface area contributed by atoms with Gasteiger partial charge in [0, 0.05) is 24.7 Å². The lowest BCUT2D eigenvalue weighted by Crippen LogP contribution is -2.44. The van der Waals surface area contributed by atoms with E-state index >= 15 is 0 Å². The van der Waals surface area contributed by atoms with E-state index in [1.165, 1.54) is 6.08 Å². The van der Waals surface area contributed by atoms with E-state index in [4.69, 9.17) is 18.9 Å². The highest BCUT2D eigenvalue weighted by Gasteiger charge is 2.29. The van der Waals surface area contributed by atoms with Gasteiger partial charge in [-0.2, -0.15) is 0 Å². The van der Waals surface area contributed by atoms with Crippen LogP contribution in [0.4, 0.5) is 0 Å². The van der Waals surface area contributed by atoms with Crippen molar-refractivity contribution in [3.63, 3.8) is 0 Å². The van der Waals surface area contributed by atoms with E-state index in [1.807, 2.05) is 18.2 Å². The number of benzene rings is 2. The molecule has 0 unspecified atom stereocenters. The summed E-state index contributed by atoms with van der Waals surface area (Å²) >= 11 is 0. The SMILES string of the molecule is COc1ccc(/C=C/C(=O)O[C@@H](C(=O)N2CCOCC2)c2ccccc2)cc1OC. The molecule has 1 aliphatic rings. The molecule has 1 heterocycles. The monoisotopic (exact) mass is 411 g/mol. The molecule has 0 N–H and O–H groups in total. The number of ether oxygens (including phenoxy) is 4. The average molecular weight is 411 g/mol. The first-order valence-corrected chi connectivity index (χ1v) is 9.64. The van der Waals surface area contributed by atoms with Gasteiger partial charge in [0.15, 0.2) is 11.5 Å². The van der Waals surface area contributed by atoms with Crippen LogP contribution in [0.3, 0.4) is 0 Å². The fourth-order valence-corrected chi connectivity index (χ4v) is 3.11. The largest absolute Gasteiger partial charge is 0.493 e. The zero-order valence-electron chi connectivity index (χ0n) is 17.1. The predicted molar refractivity (Wildman–Crippen MR) is 111 cm³/mol. The molecule has 1 fully saturated rings. The van der Waals surface area contributed by atoms with Crippen LogP contribution in [0.2, 0.25) is 0 Å². The highest BCUT2D eigenvalue weighted by atomic mass is 16.5. The molecule has 0 radical (unpaired) electrons. The molecule has 7 heteroatoms. The number of amides is 1. The Morgan fingerprint density at radius 1 is 1.00 bits per heavy atom. The second-order valence-corrected chi connectivity index (χ2v) is 6.61. The Hall–Kier alpha value is -3.32. The summed E-state index contributed by atoms with van der Waals surface area (Å²) in [5.41, 5.74) is 1.36. The fraction of sp³-hybridized carbons (Fsp3) is 0.304. The fourth-order valence-electron chi connectivity index (χ4n) is 3.11. The zero-order chi connectivity index (χ0) is 21.3. The van der Waals surface area contributed by atoms with Crippen molar-refractivity contribution in [1.29, 1.82) is 0 Å². The Balaban J connectivity index is 1.74.